The fourth-order valence-corrected chi connectivity index (χ4v) is 1.96. The van der Waals surface area contributed by atoms with Crippen molar-refractivity contribution in [3.05, 3.63) is 64.7 Å². The first kappa shape index (κ1) is 13.1. The number of aryl methyl sites for hydroxylation is 1. The third-order valence-corrected chi connectivity index (χ3v) is 3.00. The molecule has 0 aromatic heterocycles. The van der Waals surface area contributed by atoms with Gasteiger partial charge in [0.05, 0.1) is 11.6 Å². The minimum atomic E-state index is 0.0479. The van der Waals surface area contributed by atoms with E-state index in [1.165, 1.54) is 0 Å². The van der Waals surface area contributed by atoms with Crippen LogP contribution in [-0.2, 0) is 6.42 Å². The van der Waals surface area contributed by atoms with Crippen LogP contribution < -0.4 is 5.46 Å². The number of hydrogen-bond donors (Lipinski definition) is 0. The maximum absolute atomic E-state index is 12.2. The van der Waals surface area contributed by atoms with E-state index in [0.29, 0.717) is 23.0 Å². The van der Waals surface area contributed by atoms with Gasteiger partial charge in [0, 0.05) is 12.0 Å². The van der Waals surface area contributed by atoms with Crippen molar-refractivity contribution in [2.24, 2.45) is 0 Å². The first-order valence-electron chi connectivity index (χ1n) is 5.98. The Balaban J connectivity index is 2.21. The van der Waals surface area contributed by atoms with Gasteiger partial charge in [-0.05, 0) is 36.2 Å². The predicted molar refractivity (Wildman–Crippen MR) is 75.8 cm³/mol. The smallest absolute Gasteiger partial charge is 0.167 e. The molecule has 2 rings (SSSR count). The number of carbonyl (C=O) groups is 1. The molecule has 2 radical (unpaired) electrons. The van der Waals surface area contributed by atoms with Crippen molar-refractivity contribution in [1.82, 2.24) is 0 Å². The number of rotatable bonds is 3. The minimum absolute atomic E-state index is 0.0479. The Morgan fingerprint density at radius 2 is 1.89 bits per heavy atom. The molecule has 0 saturated heterocycles. The topological polar surface area (TPSA) is 40.9 Å². The number of hydrogen-bond acceptors (Lipinski definition) is 2. The van der Waals surface area contributed by atoms with E-state index in [2.05, 4.69) is 6.07 Å². The molecule has 0 aliphatic carbocycles. The summed E-state index contributed by atoms with van der Waals surface area (Å²) in [6, 6.07) is 14.5. The van der Waals surface area contributed by atoms with E-state index in [1.807, 2.05) is 19.1 Å². The molecule has 0 saturated carbocycles. The summed E-state index contributed by atoms with van der Waals surface area (Å²) in [4.78, 5) is 12.2. The van der Waals surface area contributed by atoms with Crippen LogP contribution in [0.15, 0.2) is 42.5 Å². The van der Waals surface area contributed by atoms with Crippen molar-refractivity contribution < 1.29 is 4.79 Å². The standard InChI is InChI=1S/C16H12BNO/c1-11-8-13(10-18)4-7-15(11)16(19)9-12-2-5-14(17)6-3-12/h2-8H,9H2,1H3. The highest BCUT2D eigenvalue weighted by Gasteiger charge is 2.10. The molecular formula is C16H12BNO. The Bertz CT molecular complexity index is 653. The molecular weight excluding hydrogens is 233 g/mol. The Labute approximate surface area is 114 Å². The fraction of sp³-hybridized carbons (Fsp3) is 0.125. The first-order valence-corrected chi connectivity index (χ1v) is 5.98. The van der Waals surface area contributed by atoms with E-state index in [-0.39, 0.29) is 5.78 Å². The Morgan fingerprint density at radius 1 is 1.21 bits per heavy atom. The summed E-state index contributed by atoms with van der Waals surface area (Å²) < 4.78 is 0. The van der Waals surface area contributed by atoms with Crippen LogP contribution in [0, 0.1) is 18.3 Å². The summed E-state index contributed by atoms with van der Waals surface area (Å²) in [5.74, 6) is 0.0479. The second-order valence-corrected chi connectivity index (χ2v) is 4.48. The van der Waals surface area contributed by atoms with Crippen LogP contribution in [0.4, 0.5) is 0 Å². The average molecular weight is 245 g/mol. The van der Waals surface area contributed by atoms with Gasteiger partial charge in [0.15, 0.2) is 5.78 Å². The number of benzene rings is 2. The SMILES string of the molecule is [B]c1ccc(CC(=O)c2ccc(C#N)cc2C)cc1. The lowest BCUT2D eigenvalue weighted by Crippen LogP contribution is -2.07. The summed E-state index contributed by atoms with van der Waals surface area (Å²) in [7, 11) is 5.61. The molecule has 0 N–H and O–H groups in total. The highest BCUT2D eigenvalue weighted by atomic mass is 16.1. The Morgan fingerprint density at radius 3 is 2.47 bits per heavy atom. The number of Topliss-reactive ketones (excluding diaryl/α,β-unsaturated/α-hetero) is 1. The van der Waals surface area contributed by atoms with E-state index >= 15 is 0 Å². The van der Waals surface area contributed by atoms with Gasteiger partial charge in [-0.3, -0.25) is 4.79 Å². The van der Waals surface area contributed by atoms with Gasteiger partial charge < -0.3 is 0 Å². The van der Waals surface area contributed by atoms with E-state index in [9.17, 15) is 4.79 Å². The van der Waals surface area contributed by atoms with Gasteiger partial charge in [-0.15, -0.1) is 0 Å². The second-order valence-electron chi connectivity index (χ2n) is 4.48. The normalized spacial score (nSPS) is 9.89. The van der Waals surface area contributed by atoms with Gasteiger partial charge in [0.2, 0.25) is 0 Å². The first-order chi connectivity index (χ1) is 9.10. The van der Waals surface area contributed by atoms with E-state index < -0.39 is 0 Å². The van der Waals surface area contributed by atoms with Crippen LogP contribution in [-0.4, -0.2) is 13.6 Å². The quantitative estimate of drug-likeness (QED) is 0.613. The van der Waals surface area contributed by atoms with Gasteiger partial charge in [0.1, 0.15) is 7.85 Å². The third-order valence-electron chi connectivity index (χ3n) is 3.00. The van der Waals surface area contributed by atoms with Crippen LogP contribution in [0.5, 0.6) is 0 Å². The monoisotopic (exact) mass is 245 g/mol. The van der Waals surface area contributed by atoms with Crippen LogP contribution in [0.1, 0.15) is 27.0 Å². The molecule has 3 heteroatoms. The molecule has 0 heterocycles. The van der Waals surface area contributed by atoms with Gasteiger partial charge >= 0.3 is 0 Å². The maximum atomic E-state index is 12.2. The zero-order valence-electron chi connectivity index (χ0n) is 10.7. The van der Waals surface area contributed by atoms with Crippen molar-refractivity contribution in [3.63, 3.8) is 0 Å². The van der Waals surface area contributed by atoms with E-state index in [1.54, 1.807) is 30.3 Å². The molecule has 0 aliphatic heterocycles. The molecule has 0 aliphatic rings. The molecule has 0 unspecified atom stereocenters. The number of nitriles is 1. The lowest BCUT2D eigenvalue weighted by Gasteiger charge is -2.06. The van der Waals surface area contributed by atoms with Gasteiger partial charge in [-0.2, -0.15) is 5.26 Å². The summed E-state index contributed by atoms with van der Waals surface area (Å²) >= 11 is 0. The lowest BCUT2D eigenvalue weighted by atomic mass is 9.93. The molecule has 0 spiro atoms. The molecule has 0 amide bonds. The molecule has 19 heavy (non-hydrogen) atoms. The molecule has 2 nitrogen and oxygen atoms in total. The highest BCUT2D eigenvalue weighted by Crippen LogP contribution is 2.13. The molecule has 2 aromatic rings. The highest BCUT2D eigenvalue weighted by molar-refractivity contribution is 6.32. The Kier molecular flexibility index (Phi) is 3.82. The average Bonchev–Trinajstić information content (AvgIpc) is 2.41. The van der Waals surface area contributed by atoms with Crippen molar-refractivity contribution in [2.45, 2.75) is 13.3 Å². The van der Waals surface area contributed by atoms with Crippen LogP contribution >= 0.6 is 0 Å². The Hall–Kier alpha value is -2.34. The van der Waals surface area contributed by atoms with E-state index in [0.717, 1.165) is 11.1 Å². The summed E-state index contributed by atoms with van der Waals surface area (Å²) in [6.07, 6.45) is 0.340. The molecule has 0 fully saturated rings. The molecule has 0 bridgehead atoms. The van der Waals surface area contributed by atoms with Crippen LogP contribution in [0.25, 0.3) is 0 Å². The van der Waals surface area contributed by atoms with Crippen molar-refractivity contribution in [1.29, 1.82) is 5.26 Å². The predicted octanol–water partition coefficient (Wildman–Crippen LogP) is 2.09. The van der Waals surface area contributed by atoms with Gasteiger partial charge in [-0.1, -0.05) is 29.7 Å². The number of carbonyl (C=O) groups excluding carboxylic acids is 1. The molecule has 2 aromatic carbocycles. The van der Waals surface area contributed by atoms with Crippen molar-refractivity contribution in [2.75, 3.05) is 0 Å². The van der Waals surface area contributed by atoms with Crippen LogP contribution in [0.2, 0.25) is 0 Å². The van der Waals surface area contributed by atoms with Crippen molar-refractivity contribution >= 4 is 19.1 Å². The third kappa shape index (κ3) is 3.11. The van der Waals surface area contributed by atoms with E-state index in [4.69, 9.17) is 13.1 Å². The second kappa shape index (κ2) is 5.54. The summed E-state index contributed by atoms with van der Waals surface area (Å²) in [5.41, 5.74) is 3.69. The molecule has 0 atom stereocenters. The van der Waals surface area contributed by atoms with Crippen molar-refractivity contribution in [3.8, 4) is 6.07 Å². The number of nitrogens with zero attached hydrogens (tertiary/aromatic N) is 1. The summed E-state index contributed by atoms with van der Waals surface area (Å²) in [6.45, 7) is 1.84. The zero-order chi connectivity index (χ0) is 13.8. The molecule has 90 valence electrons. The van der Waals surface area contributed by atoms with Gasteiger partial charge in [0.25, 0.3) is 0 Å². The number of ketones is 1. The lowest BCUT2D eigenvalue weighted by molar-refractivity contribution is 0.0992. The largest absolute Gasteiger partial charge is 0.294 e. The fourth-order valence-electron chi connectivity index (χ4n) is 1.96. The minimum Gasteiger partial charge on any atom is -0.294 e. The maximum Gasteiger partial charge on any atom is 0.167 e. The zero-order valence-corrected chi connectivity index (χ0v) is 10.7. The van der Waals surface area contributed by atoms with Gasteiger partial charge in [-0.25, -0.2) is 0 Å². The summed E-state index contributed by atoms with van der Waals surface area (Å²) in [5, 5.41) is 8.81. The van der Waals surface area contributed by atoms with Crippen LogP contribution in [0.3, 0.4) is 0 Å².